The number of hydrogen-bond donors (Lipinski definition) is 1. The van der Waals surface area contributed by atoms with Crippen molar-refractivity contribution in [1.29, 1.82) is 0 Å². The van der Waals surface area contributed by atoms with E-state index in [0.29, 0.717) is 0 Å². The van der Waals surface area contributed by atoms with E-state index in [1.54, 1.807) is 12.1 Å². The van der Waals surface area contributed by atoms with Gasteiger partial charge in [0.15, 0.2) is 0 Å². The normalized spacial score (nSPS) is 12.5. The van der Waals surface area contributed by atoms with Gasteiger partial charge in [-0.05, 0) is 29.8 Å². The van der Waals surface area contributed by atoms with Gasteiger partial charge in [-0.25, -0.2) is 4.79 Å². The van der Waals surface area contributed by atoms with Gasteiger partial charge in [-0.2, -0.15) is 13.2 Å². The third-order valence-electron chi connectivity index (χ3n) is 3.27. The topological polar surface area (TPSA) is 59.4 Å². The Morgan fingerprint density at radius 3 is 2.64 bits per heavy atom. The summed E-state index contributed by atoms with van der Waals surface area (Å²) in [5.41, 5.74) is -0.987. The van der Waals surface area contributed by atoms with Crippen LogP contribution in [0.3, 0.4) is 0 Å². The lowest BCUT2D eigenvalue weighted by atomic mass is 10.1. The van der Waals surface area contributed by atoms with Crippen molar-refractivity contribution in [3.05, 3.63) is 76.6 Å². The van der Waals surface area contributed by atoms with Crippen molar-refractivity contribution >= 4 is 17.6 Å². The van der Waals surface area contributed by atoms with Crippen molar-refractivity contribution in [1.82, 2.24) is 4.98 Å². The van der Waals surface area contributed by atoms with Crippen LogP contribution >= 0.6 is 11.6 Å². The standard InChI is InChI=1S/C17H13ClF3NO3/c1-10(15(23)14-4-2-3-7-22-14)16(24)25-9-11-5-6-13(18)12(8-11)17(19,20)21/h2-8,15,23H,1,9H2. The number of hydrogen-bond acceptors (Lipinski definition) is 4. The molecule has 2 aromatic rings. The molecule has 0 spiro atoms. The summed E-state index contributed by atoms with van der Waals surface area (Å²) in [7, 11) is 0. The summed E-state index contributed by atoms with van der Waals surface area (Å²) in [6, 6.07) is 7.94. The molecule has 4 nitrogen and oxygen atoms in total. The molecular weight excluding hydrogens is 359 g/mol. The number of aromatic nitrogens is 1. The Kier molecular flexibility index (Phi) is 5.81. The molecule has 1 unspecified atom stereocenters. The molecule has 132 valence electrons. The van der Waals surface area contributed by atoms with E-state index in [1.165, 1.54) is 18.3 Å². The van der Waals surface area contributed by atoms with Crippen molar-refractivity contribution in [3.8, 4) is 0 Å². The smallest absolute Gasteiger partial charge is 0.417 e. The van der Waals surface area contributed by atoms with Crippen LogP contribution in [0.4, 0.5) is 13.2 Å². The monoisotopic (exact) mass is 371 g/mol. The van der Waals surface area contributed by atoms with Crippen molar-refractivity contribution in [2.45, 2.75) is 18.9 Å². The summed E-state index contributed by atoms with van der Waals surface area (Å²) in [5.74, 6) is -0.943. The van der Waals surface area contributed by atoms with Gasteiger partial charge in [-0.3, -0.25) is 4.98 Å². The molecule has 1 heterocycles. The molecule has 0 amide bonds. The quantitative estimate of drug-likeness (QED) is 0.635. The molecule has 1 N–H and O–H groups in total. The molecule has 0 radical (unpaired) electrons. The Balaban J connectivity index is 2.04. The minimum atomic E-state index is -4.62. The first-order valence-electron chi connectivity index (χ1n) is 7.00. The van der Waals surface area contributed by atoms with Crippen LogP contribution in [0.25, 0.3) is 0 Å². The zero-order valence-corrected chi connectivity index (χ0v) is 13.5. The highest BCUT2D eigenvalue weighted by Gasteiger charge is 2.33. The van der Waals surface area contributed by atoms with Gasteiger partial charge >= 0.3 is 12.1 Å². The van der Waals surface area contributed by atoms with Crippen LogP contribution in [-0.2, 0) is 22.3 Å². The minimum Gasteiger partial charge on any atom is -0.457 e. The molecule has 0 fully saturated rings. The summed E-state index contributed by atoms with van der Waals surface area (Å²) in [6.45, 7) is 3.02. The maximum Gasteiger partial charge on any atom is 0.417 e. The zero-order chi connectivity index (χ0) is 18.6. The van der Waals surface area contributed by atoms with E-state index >= 15 is 0 Å². The SMILES string of the molecule is C=C(C(=O)OCc1ccc(Cl)c(C(F)(F)F)c1)C(O)c1ccccn1. The first-order valence-corrected chi connectivity index (χ1v) is 7.38. The van der Waals surface area contributed by atoms with Gasteiger partial charge in [-0.15, -0.1) is 0 Å². The van der Waals surface area contributed by atoms with Crippen molar-refractivity contribution < 1.29 is 27.8 Å². The molecule has 1 aromatic heterocycles. The van der Waals surface area contributed by atoms with Crippen LogP contribution in [-0.4, -0.2) is 16.1 Å². The number of carbonyl (C=O) groups is 1. The number of aliphatic hydroxyl groups excluding tert-OH is 1. The first kappa shape index (κ1) is 19.0. The Morgan fingerprint density at radius 1 is 1.32 bits per heavy atom. The van der Waals surface area contributed by atoms with Gasteiger partial charge in [0.05, 0.1) is 21.9 Å². The molecule has 0 saturated heterocycles. The largest absolute Gasteiger partial charge is 0.457 e. The van der Waals surface area contributed by atoms with Crippen LogP contribution in [0, 0.1) is 0 Å². The Labute approximate surface area is 146 Å². The van der Waals surface area contributed by atoms with E-state index in [1.807, 2.05) is 0 Å². The fourth-order valence-electron chi connectivity index (χ4n) is 1.95. The lowest BCUT2D eigenvalue weighted by molar-refractivity contribution is -0.141. The fourth-order valence-corrected chi connectivity index (χ4v) is 2.17. The van der Waals surface area contributed by atoms with Gasteiger partial charge in [0.2, 0.25) is 0 Å². The predicted molar refractivity (Wildman–Crippen MR) is 84.6 cm³/mol. The number of rotatable bonds is 5. The van der Waals surface area contributed by atoms with Gasteiger partial charge < -0.3 is 9.84 Å². The summed E-state index contributed by atoms with van der Waals surface area (Å²) in [6.07, 6.45) is -4.55. The molecule has 0 bridgehead atoms. The summed E-state index contributed by atoms with van der Waals surface area (Å²) in [5, 5.41) is 9.57. The molecule has 1 aromatic carbocycles. The number of halogens is 4. The summed E-state index contributed by atoms with van der Waals surface area (Å²) >= 11 is 5.52. The summed E-state index contributed by atoms with van der Waals surface area (Å²) in [4.78, 5) is 15.8. The Morgan fingerprint density at radius 2 is 2.04 bits per heavy atom. The van der Waals surface area contributed by atoms with Crippen molar-refractivity contribution in [2.75, 3.05) is 0 Å². The average Bonchev–Trinajstić information content (AvgIpc) is 2.59. The van der Waals surface area contributed by atoms with Gasteiger partial charge in [-0.1, -0.05) is 30.3 Å². The first-order chi connectivity index (χ1) is 11.7. The number of pyridine rings is 1. The zero-order valence-electron chi connectivity index (χ0n) is 12.8. The van der Waals surface area contributed by atoms with E-state index in [0.717, 1.165) is 12.1 Å². The molecule has 8 heteroatoms. The van der Waals surface area contributed by atoms with E-state index in [2.05, 4.69) is 11.6 Å². The molecular formula is C17H13ClF3NO3. The van der Waals surface area contributed by atoms with Crippen molar-refractivity contribution in [2.24, 2.45) is 0 Å². The molecule has 25 heavy (non-hydrogen) atoms. The molecule has 0 saturated carbocycles. The molecule has 2 rings (SSSR count). The van der Waals surface area contributed by atoms with Crippen LogP contribution in [0.1, 0.15) is 22.9 Å². The number of esters is 1. The average molecular weight is 372 g/mol. The highest BCUT2D eigenvalue weighted by Crippen LogP contribution is 2.35. The third kappa shape index (κ3) is 4.80. The highest BCUT2D eigenvalue weighted by molar-refractivity contribution is 6.31. The second-order valence-electron chi connectivity index (χ2n) is 5.07. The number of carbonyl (C=O) groups excluding carboxylic acids is 1. The van der Waals surface area contributed by atoms with Gasteiger partial charge in [0.1, 0.15) is 12.7 Å². The van der Waals surface area contributed by atoms with Crippen LogP contribution < -0.4 is 0 Å². The third-order valence-corrected chi connectivity index (χ3v) is 3.60. The van der Waals surface area contributed by atoms with E-state index in [-0.39, 0.29) is 16.8 Å². The number of aliphatic hydroxyl groups is 1. The van der Waals surface area contributed by atoms with E-state index in [4.69, 9.17) is 16.3 Å². The molecule has 1 atom stereocenters. The second-order valence-corrected chi connectivity index (χ2v) is 5.48. The molecule has 0 aliphatic carbocycles. The van der Waals surface area contributed by atoms with Crippen LogP contribution in [0.5, 0.6) is 0 Å². The summed E-state index contributed by atoms with van der Waals surface area (Å²) < 4.78 is 43.3. The number of alkyl halides is 3. The lowest BCUT2D eigenvalue weighted by Gasteiger charge is -2.14. The Bertz CT molecular complexity index is 778. The Hall–Kier alpha value is -2.38. The van der Waals surface area contributed by atoms with Gasteiger partial charge in [0.25, 0.3) is 0 Å². The van der Waals surface area contributed by atoms with Crippen LogP contribution in [0.15, 0.2) is 54.7 Å². The molecule has 0 aliphatic rings. The van der Waals surface area contributed by atoms with E-state index in [9.17, 15) is 23.1 Å². The van der Waals surface area contributed by atoms with Gasteiger partial charge in [0, 0.05) is 6.20 Å². The maximum absolute atomic E-state index is 12.8. The van der Waals surface area contributed by atoms with E-state index < -0.39 is 35.4 Å². The minimum absolute atomic E-state index is 0.102. The number of benzene rings is 1. The lowest BCUT2D eigenvalue weighted by Crippen LogP contribution is -2.15. The molecule has 0 aliphatic heterocycles. The fraction of sp³-hybridized carbons (Fsp3) is 0.176. The highest BCUT2D eigenvalue weighted by atomic mass is 35.5. The predicted octanol–water partition coefficient (Wildman–Crippen LogP) is 4.09. The van der Waals surface area contributed by atoms with Crippen LogP contribution in [0.2, 0.25) is 5.02 Å². The van der Waals surface area contributed by atoms with Crippen molar-refractivity contribution in [3.63, 3.8) is 0 Å². The maximum atomic E-state index is 12.8. The number of ether oxygens (including phenoxy) is 1. The second kappa shape index (κ2) is 7.67. The number of nitrogens with zero attached hydrogens (tertiary/aromatic N) is 1.